The maximum Gasteiger partial charge on any atom is 0.315 e. The molecular weight excluding hydrogens is 266 g/mol. The Bertz CT molecular complexity index is 404. The highest BCUT2D eigenvalue weighted by Gasteiger charge is 2.00. The summed E-state index contributed by atoms with van der Waals surface area (Å²) in [6.07, 6.45) is 3.09. The summed E-state index contributed by atoms with van der Waals surface area (Å²) in [6, 6.07) is 8.04. The fraction of sp³-hybridized carbons (Fsp3) is 0.562. The van der Waals surface area contributed by atoms with E-state index < -0.39 is 0 Å². The molecule has 0 aliphatic rings. The van der Waals surface area contributed by atoms with Crippen molar-refractivity contribution in [2.45, 2.75) is 25.8 Å². The van der Waals surface area contributed by atoms with Crippen LogP contribution in [0.4, 0.5) is 10.5 Å². The van der Waals surface area contributed by atoms with Gasteiger partial charge in [-0.25, -0.2) is 4.79 Å². The summed E-state index contributed by atoms with van der Waals surface area (Å²) in [7, 11) is 5.72. The Hall–Kier alpha value is -1.75. The van der Waals surface area contributed by atoms with Crippen LogP contribution in [-0.2, 0) is 11.3 Å². The second kappa shape index (κ2) is 10.0. The molecule has 118 valence electrons. The molecule has 0 aromatic heterocycles. The Morgan fingerprint density at radius 2 is 1.81 bits per heavy atom. The summed E-state index contributed by atoms with van der Waals surface area (Å²) in [6.45, 7) is 2.04. The predicted octanol–water partition coefficient (Wildman–Crippen LogP) is 2.37. The molecule has 0 fully saturated rings. The lowest BCUT2D eigenvalue weighted by molar-refractivity contribution is 0.192. The van der Waals surface area contributed by atoms with Crippen LogP contribution in [0, 0.1) is 0 Å². The van der Waals surface area contributed by atoms with Crippen molar-refractivity contribution in [2.75, 3.05) is 39.3 Å². The highest BCUT2D eigenvalue weighted by atomic mass is 16.5. The van der Waals surface area contributed by atoms with Gasteiger partial charge in [0.1, 0.15) is 0 Å². The second-order valence-corrected chi connectivity index (χ2v) is 5.22. The highest BCUT2D eigenvalue weighted by molar-refractivity contribution is 5.73. The number of hydrogen-bond donors (Lipinski definition) is 2. The fourth-order valence-corrected chi connectivity index (χ4v) is 1.91. The third-order valence-corrected chi connectivity index (χ3v) is 3.22. The summed E-state index contributed by atoms with van der Waals surface area (Å²) in [5.41, 5.74) is 2.25. The molecule has 0 aliphatic heterocycles. The second-order valence-electron chi connectivity index (χ2n) is 5.22. The molecule has 0 aliphatic carbocycles. The van der Waals surface area contributed by atoms with Crippen LogP contribution in [0.25, 0.3) is 0 Å². The number of urea groups is 1. The van der Waals surface area contributed by atoms with Gasteiger partial charge in [-0.05, 0) is 37.0 Å². The molecule has 0 saturated heterocycles. The first-order chi connectivity index (χ1) is 10.1. The van der Waals surface area contributed by atoms with Crippen molar-refractivity contribution in [1.82, 2.24) is 10.6 Å². The minimum atomic E-state index is -0.113. The van der Waals surface area contributed by atoms with E-state index in [-0.39, 0.29) is 6.03 Å². The molecule has 2 N–H and O–H groups in total. The number of ether oxygens (including phenoxy) is 1. The van der Waals surface area contributed by atoms with E-state index in [1.54, 1.807) is 7.11 Å². The Morgan fingerprint density at radius 1 is 1.10 bits per heavy atom. The zero-order chi connectivity index (χ0) is 15.5. The third kappa shape index (κ3) is 7.56. The number of nitrogens with one attached hydrogen (secondary N) is 2. The third-order valence-electron chi connectivity index (χ3n) is 3.22. The largest absolute Gasteiger partial charge is 0.385 e. The van der Waals surface area contributed by atoms with Gasteiger partial charge in [-0.3, -0.25) is 0 Å². The highest BCUT2D eigenvalue weighted by Crippen LogP contribution is 2.11. The summed E-state index contributed by atoms with van der Waals surface area (Å²) >= 11 is 0. The minimum Gasteiger partial charge on any atom is -0.385 e. The standard InChI is InChI=1S/C16H27N3O2/c1-19(2)15-9-7-14(8-10-15)13-18-16(20)17-11-5-4-6-12-21-3/h7-10H,4-6,11-13H2,1-3H3,(H2,17,18,20). The molecule has 0 saturated carbocycles. The number of hydrogen-bond acceptors (Lipinski definition) is 3. The maximum atomic E-state index is 11.6. The van der Waals surface area contributed by atoms with E-state index in [9.17, 15) is 4.79 Å². The minimum absolute atomic E-state index is 0.113. The van der Waals surface area contributed by atoms with E-state index in [0.717, 1.165) is 37.1 Å². The molecule has 0 unspecified atom stereocenters. The van der Waals surface area contributed by atoms with Crippen LogP contribution in [0.5, 0.6) is 0 Å². The molecule has 1 aromatic rings. The number of anilines is 1. The molecule has 1 rings (SSSR count). The van der Waals surface area contributed by atoms with Gasteiger partial charge in [-0.2, -0.15) is 0 Å². The molecule has 0 heterocycles. The molecule has 21 heavy (non-hydrogen) atoms. The van der Waals surface area contributed by atoms with Crippen molar-refractivity contribution < 1.29 is 9.53 Å². The van der Waals surface area contributed by atoms with Crippen LogP contribution in [0.15, 0.2) is 24.3 Å². The molecule has 2 amide bonds. The van der Waals surface area contributed by atoms with E-state index in [4.69, 9.17) is 4.74 Å². The van der Waals surface area contributed by atoms with Crippen LogP contribution in [-0.4, -0.2) is 40.4 Å². The normalized spacial score (nSPS) is 10.2. The Labute approximate surface area is 127 Å². The van der Waals surface area contributed by atoms with Crippen LogP contribution < -0.4 is 15.5 Å². The first kappa shape index (κ1) is 17.3. The number of benzene rings is 1. The number of amides is 2. The quantitative estimate of drug-likeness (QED) is 0.687. The van der Waals surface area contributed by atoms with Gasteiger partial charge in [0, 0.05) is 46.6 Å². The van der Waals surface area contributed by atoms with Crippen molar-refractivity contribution in [3.05, 3.63) is 29.8 Å². The molecule has 0 bridgehead atoms. The molecule has 0 atom stereocenters. The van der Waals surface area contributed by atoms with Crippen molar-refractivity contribution in [1.29, 1.82) is 0 Å². The number of rotatable bonds is 9. The zero-order valence-corrected chi connectivity index (χ0v) is 13.3. The van der Waals surface area contributed by atoms with Crippen molar-refractivity contribution >= 4 is 11.7 Å². The van der Waals surface area contributed by atoms with Crippen molar-refractivity contribution in [2.24, 2.45) is 0 Å². The number of carbonyl (C=O) groups is 1. The molecule has 5 heteroatoms. The smallest absolute Gasteiger partial charge is 0.315 e. The molecule has 0 spiro atoms. The molecular formula is C16H27N3O2. The van der Waals surface area contributed by atoms with Gasteiger partial charge in [0.2, 0.25) is 0 Å². The van der Waals surface area contributed by atoms with Gasteiger partial charge < -0.3 is 20.3 Å². The fourth-order valence-electron chi connectivity index (χ4n) is 1.91. The van der Waals surface area contributed by atoms with E-state index in [1.807, 2.05) is 43.3 Å². The lowest BCUT2D eigenvalue weighted by atomic mass is 10.2. The van der Waals surface area contributed by atoms with Gasteiger partial charge >= 0.3 is 6.03 Å². The summed E-state index contributed by atoms with van der Waals surface area (Å²) in [5.74, 6) is 0. The van der Waals surface area contributed by atoms with Gasteiger partial charge in [0.05, 0.1) is 0 Å². The topological polar surface area (TPSA) is 53.6 Å². The average molecular weight is 293 g/mol. The Morgan fingerprint density at radius 3 is 2.43 bits per heavy atom. The molecule has 0 radical (unpaired) electrons. The lowest BCUT2D eigenvalue weighted by Gasteiger charge is -2.13. The molecule has 1 aromatic carbocycles. The summed E-state index contributed by atoms with van der Waals surface area (Å²) < 4.78 is 4.98. The lowest BCUT2D eigenvalue weighted by Crippen LogP contribution is -2.35. The average Bonchev–Trinajstić information content (AvgIpc) is 2.49. The SMILES string of the molecule is COCCCCCNC(=O)NCc1ccc(N(C)C)cc1. The first-order valence-corrected chi connectivity index (χ1v) is 7.40. The van der Waals surface area contributed by atoms with Crippen LogP contribution in [0.2, 0.25) is 0 Å². The number of nitrogens with zero attached hydrogens (tertiary/aromatic N) is 1. The monoisotopic (exact) mass is 293 g/mol. The van der Waals surface area contributed by atoms with E-state index in [2.05, 4.69) is 10.6 Å². The number of methoxy groups -OCH3 is 1. The van der Waals surface area contributed by atoms with E-state index in [0.29, 0.717) is 13.1 Å². The summed E-state index contributed by atoms with van der Waals surface area (Å²) in [5, 5.41) is 5.72. The Balaban J connectivity index is 2.15. The predicted molar refractivity (Wildman–Crippen MR) is 86.7 cm³/mol. The number of unbranched alkanes of at least 4 members (excludes halogenated alkanes) is 2. The van der Waals surface area contributed by atoms with Crippen molar-refractivity contribution in [3.63, 3.8) is 0 Å². The van der Waals surface area contributed by atoms with Crippen molar-refractivity contribution in [3.8, 4) is 0 Å². The summed E-state index contributed by atoms with van der Waals surface area (Å²) in [4.78, 5) is 13.7. The van der Waals surface area contributed by atoms with Crippen LogP contribution in [0.1, 0.15) is 24.8 Å². The van der Waals surface area contributed by atoms with Crippen LogP contribution >= 0.6 is 0 Å². The molecule has 5 nitrogen and oxygen atoms in total. The first-order valence-electron chi connectivity index (χ1n) is 7.40. The van der Waals surface area contributed by atoms with Gasteiger partial charge in [0.15, 0.2) is 0 Å². The van der Waals surface area contributed by atoms with Gasteiger partial charge in [0.25, 0.3) is 0 Å². The zero-order valence-electron chi connectivity index (χ0n) is 13.3. The Kier molecular flexibility index (Phi) is 8.28. The van der Waals surface area contributed by atoms with E-state index in [1.165, 1.54) is 0 Å². The van der Waals surface area contributed by atoms with Gasteiger partial charge in [-0.15, -0.1) is 0 Å². The van der Waals surface area contributed by atoms with Gasteiger partial charge in [-0.1, -0.05) is 12.1 Å². The number of carbonyl (C=O) groups excluding carboxylic acids is 1. The van der Waals surface area contributed by atoms with E-state index >= 15 is 0 Å². The maximum absolute atomic E-state index is 11.6. The van der Waals surface area contributed by atoms with Crippen LogP contribution in [0.3, 0.4) is 0 Å².